The molecule has 0 nitrogen and oxygen atoms in total. The largest absolute Gasteiger partial charge is 2.00 e. The molecule has 0 aliphatic rings. The Labute approximate surface area is 88.8 Å². The first-order chi connectivity index (χ1) is 0. The van der Waals surface area contributed by atoms with Crippen LogP contribution in [-0.4, -0.2) is 23.1 Å². The van der Waals surface area contributed by atoms with E-state index in [1.807, 2.05) is 0 Å². The molecule has 0 spiro atoms. The van der Waals surface area contributed by atoms with Crippen LogP contribution in [0.4, 0.5) is 0 Å². The van der Waals surface area contributed by atoms with Crippen molar-refractivity contribution in [1.29, 1.82) is 0 Å². The molecule has 0 aromatic carbocycles. The van der Waals surface area contributed by atoms with E-state index in [0.717, 1.165) is 0 Å². The molecule has 6 heteroatoms. The first kappa shape index (κ1) is 78.3. The Hall–Kier alpha value is 2.45. The predicted octanol–water partition coefficient (Wildman–Crippen LogP) is -12.4. The van der Waals surface area contributed by atoms with E-state index in [0.29, 0.717) is 0 Å². The molecule has 0 aromatic rings. The fourth-order valence-electron chi connectivity index (χ4n) is 0. The normalized spacial score (nSPS) is 0. The van der Waals surface area contributed by atoms with E-state index in [4.69, 9.17) is 0 Å². The third-order valence-corrected chi connectivity index (χ3v) is 0. The summed E-state index contributed by atoms with van der Waals surface area (Å²) < 4.78 is 0. The quantitative estimate of drug-likeness (QED) is 0.357. The molecular weight excluding hydrogens is 222 g/mol. The second-order valence-electron chi connectivity index (χ2n) is 0. The Bertz CT molecular complexity index is 7.51. The van der Waals surface area contributed by atoms with Gasteiger partial charge in [0.25, 0.3) is 0 Å². The van der Waals surface area contributed by atoms with Gasteiger partial charge in [-0.3, -0.25) is 0 Å². The molecule has 0 bridgehead atoms. The average Bonchev–Trinajstić information content (AvgIpc) is 0. The molecule has 6 heavy (non-hydrogen) atoms. The van der Waals surface area contributed by atoms with Gasteiger partial charge in [-0.1, -0.05) is 0 Å². The minimum absolute atomic E-state index is 0. The van der Waals surface area contributed by atoms with Gasteiger partial charge in [-0.15, -0.1) is 0 Å². The zero-order valence-electron chi connectivity index (χ0n) is 2.57. The summed E-state index contributed by atoms with van der Waals surface area (Å²) in [5.74, 6) is 0. The fourth-order valence-corrected chi connectivity index (χ4v) is 0. The Kier molecular flexibility index (Phi) is 675. The van der Waals surface area contributed by atoms with Crippen LogP contribution in [0.1, 0.15) is 0 Å². The summed E-state index contributed by atoms with van der Waals surface area (Å²) in [6.45, 7) is 0. The summed E-state index contributed by atoms with van der Waals surface area (Å²) in [7, 11) is 0. The molecule has 0 amide bonds. The van der Waals surface area contributed by atoms with Gasteiger partial charge >= 0.3 is 40.1 Å². The first-order valence-corrected chi connectivity index (χ1v) is 0. The van der Waals surface area contributed by atoms with Crippen molar-refractivity contribution in [3.05, 3.63) is 0 Å². The molecule has 0 radical (unpaired) electrons. The van der Waals surface area contributed by atoms with Crippen LogP contribution >= 0.6 is 0 Å². The van der Waals surface area contributed by atoms with Crippen molar-refractivity contribution in [2.75, 3.05) is 0 Å². The van der Waals surface area contributed by atoms with Gasteiger partial charge in [0.2, 0.25) is 0 Å². The van der Waals surface area contributed by atoms with Crippen LogP contribution in [0.3, 0.4) is 0 Å². The van der Waals surface area contributed by atoms with Crippen molar-refractivity contribution >= 4 is 23.1 Å². The van der Waals surface area contributed by atoms with E-state index in [9.17, 15) is 0 Å². The van der Waals surface area contributed by atoms with E-state index < -0.39 is 0 Å². The van der Waals surface area contributed by atoms with Crippen molar-refractivity contribution in [1.82, 2.24) is 0 Å². The molecule has 0 aliphatic heterocycles. The first-order valence-electron chi connectivity index (χ1n) is 0. The van der Waals surface area contributed by atoms with E-state index in [1.54, 1.807) is 0 Å². The minimum Gasteiger partial charge on any atom is -1.00 e. The molecule has 0 aliphatic carbocycles. The van der Waals surface area contributed by atoms with Gasteiger partial charge in [0.15, 0.2) is 0 Å². The van der Waals surface area contributed by atoms with Crippen LogP contribution in [-0.2, 0) is 17.1 Å². The van der Waals surface area contributed by atoms with Gasteiger partial charge in [-0.05, 0) is 0 Å². The summed E-state index contributed by atoms with van der Waals surface area (Å²) in [6, 6.07) is 0. The Morgan fingerprint density at radius 1 is 0.500 bits per heavy atom. The van der Waals surface area contributed by atoms with E-state index >= 15 is 0 Å². The van der Waals surface area contributed by atoms with Crippen LogP contribution in [0.2, 0.25) is 0 Å². The Balaban J connectivity index is 0. The van der Waals surface area contributed by atoms with Crippen LogP contribution in [0.15, 0.2) is 0 Å². The molecule has 38 valence electrons. The van der Waals surface area contributed by atoms with E-state index in [2.05, 4.69) is 0 Å². The van der Waals surface area contributed by atoms with Gasteiger partial charge in [0.1, 0.15) is 0 Å². The zero-order chi connectivity index (χ0) is 0. The summed E-state index contributed by atoms with van der Waals surface area (Å²) in [5.41, 5.74) is 0. The van der Waals surface area contributed by atoms with Crippen LogP contribution in [0.5, 0.6) is 0 Å². The molecule has 0 unspecified atom stereocenters. The second-order valence-corrected chi connectivity index (χ2v) is 0. The molecule has 0 saturated heterocycles. The molecular formula is Cl4FeMg. The summed E-state index contributed by atoms with van der Waals surface area (Å²) >= 11 is 0. The minimum atomic E-state index is 0. The molecule has 0 saturated carbocycles. The molecule has 0 N–H and O–H groups in total. The second kappa shape index (κ2) is 51.7. The summed E-state index contributed by atoms with van der Waals surface area (Å²) in [5, 5.41) is 0. The van der Waals surface area contributed by atoms with E-state index in [1.165, 1.54) is 0 Å². The van der Waals surface area contributed by atoms with Gasteiger partial charge < -0.3 is 49.6 Å². The van der Waals surface area contributed by atoms with Gasteiger partial charge in [0.05, 0.1) is 0 Å². The van der Waals surface area contributed by atoms with E-state index in [-0.39, 0.29) is 89.7 Å². The maximum Gasteiger partial charge on any atom is 2.00 e. The Morgan fingerprint density at radius 2 is 0.500 bits per heavy atom. The standard InChI is InChI=1S/4ClH.Fe.Mg/h4*1H;;/q;;;;2*+2/p-4. The van der Waals surface area contributed by atoms with Crippen LogP contribution in [0.25, 0.3) is 0 Å². The van der Waals surface area contributed by atoms with Gasteiger partial charge in [-0.2, -0.15) is 0 Å². The number of hydrogen-bond donors (Lipinski definition) is 0. The number of halogens is 4. The van der Waals surface area contributed by atoms with Crippen molar-refractivity contribution in [3.8, 4) is 0 Å². The van der Waals surface area contributed by atoms with Crippen molar-refractivity contribution in [2.24, 2.45) is 0 Å². The predicted molar refractivity (Wildman–Crippen MR) is 5.75 cm³/mol. The average molecular weight is 222 g/mol. The maximum absolute atomic E-state index is 0. The van der Waals surface area contributed by atoms with Gasteiger partial charge in [-0.25, -0.2) is 0 Å². The molecule has 0 atom stereocenters. The molecule has 0 fully saturated rings. The SMILES string of the molecule is [Cl-].[Cl-].[Cl-].[Cl-].[Fe+2].[Mg+2]. The smallest absolute Gasteiger partial charge is 1.00 e. The fraction of sp³-hybridized carbons (Fsp3) is 0. The number of hydrogen-bond acceptors (Lipinski definition) is 0. The molecule has 0 aromatic heterocycles. The summed E-state index contributed by atoms with van der Waals surface area (Å²) in [6.07, 6.45) is 0. The maximum atomic E-state index is 0. The molecule has 0 rings (SSSR count). The molecule has 0 heterocycles. The van der Waals surface area contributed by atoms with Gasteiger partial charge in [0, 0.05) is 0 Å². The Morgan fingerprint density at radius 3 is 0.500 bits per heavy atom. The zero-order valence-corrected chi connectivity index (χ0v) is 8.11. The topological polar surface area (TPSA) is 0 Å². The van der Waals surface area contributed by atoms with Crippen molar-refractivity contribution in [3.63, 3.8) is 0 Å². The van der Waals surface area contributed by atoms with Crippen molar-refractivity contribution in [2.45, 2.75) is 0 Å². The van der Waals surface area contributed by atoms with Crippen LogP contribution in [0, 0.1) is 0 Å². The number of rotatable bonds is 0. The third-order valence-electron chi connectivity index (χ3n) is 0. The van der Waals surface area contributed by atoms with Crippen molar-refractivity contribution < 1.29 is 66.7 Å². The summed E-state index contributed by atoms with van der Waals surface area (Å²) in [4.78, 5) is 0. The van der Waals surface area contributed by atoms with Crippen LogP contribution < -0.4 is 49.6 Å². The monoisotopic (exact) mass is 220 g/mol. The third kappa shape index (κ3) is 32.0.